The largest absolute Gasteiger partial charge is 0.466 e. The molecule has 1 aromatic rings. The number of thiophene rings is 1. The number of carbonyl (C=O) groups excluding carboxylic acids is 1. The highest BCUT2D eigenvalue weighted by Crippen LogP contribution is 2.07. The van der Waals surface area contributed by atoms with Crippen LogP contribution < -0.4 is 0 Å². The van der Waals surface area contributed by atoms with Crippen molar-refractivity contribution >= 4 is 17.3 Å². The predicted octanol–water partition coefficient (Wildman–Crippen LogP) is 1.85. The first-order valence-corrected chi connectivity index (χ1v) is 5.35. The van der Waals surface area contributed by atoms with Gasteiger partial charge in [-0.25, -0.2) is 0 Å². The smallest absolute Gasteiger partial charge is 0.302 e. The summed E-state index contributed by atoms with van der Waals surface area (Å²) >= 11 is 1.69. The summed E-state index contributed by atoms with van der Waals surface area (Å²) < 4.78 is 4.40. The molecular weight excluding hydrogens is 200 g/mol. The maximum atomic E-state index is 9.82. The summed E-state index contributed by atoms with van der Waals surface area (Å²) in [5, 5.41) is 10.5. The van der Waals surface area contributed by atoms with E-state index in [1.165, 1.54) is 11.8 Å². The van der Waals surface area contributed by atoms with Crippen LogP contribution in [0.15, 0.2) is 17.5 Å². The standard InChI is InChI=1S/C6H8OS.C4H8O2/c7-4-3-6-2-1-5-8-6;1-3-6-4(2)5/h1-2,5,7H,3-4H2;3H2,1-2H3. The van der Waals surface area contributed by atoms with Crippen molar-refractivity contribution in [2.24, 2.45) is 0 Å². The fourth-order valence-corrected chi connectivity index (χ4v) is 1.47. The minimum atomic E-state index is -0.211. The predicted molar refractivity (Wildman–Crippen MR) is 57.4 cm³/mol. The highest BCUT2D eigenvalue weighted by atomic mass is 32.1. The van der Waals surface area contributed by atoms with Crippen molar-refractivity contribution in [1.82, 2.24) is 0 Å². The van der Waals surface area contributed by atoms with E-state index in [-0.39, 0.29) is 12.6 Å². The Morgan fingerprint density at radius 3 is 2.64 bits per heavy atom. The summed E-state index contributed by atoms with van der Waals surface area (Å²) in [6, 6.07) is 4.02. The molecule has 1 heterocycles. The fraction of sp³-hybridized carbons (Fsp3) is 0.500. The third kappa shape index (κ3) is 7.76. The van der Waals surface area contributed by atoms with Crippen LogP contribution in [0.3, 0.4) is 0 Å². The van der Waals surface area contributed by atoms with Crippen LogP contribution in [0.1, 0.15) is 18.7 Å². The topological polar surface area (TPSA) is 46.5 Å². The molecular formula is C10H16O3S. The molecule has 3 nitrogen and oxygen atoms in total. The number of carbonyl (C=O) groups is 1. The van der Waals surface area contributed by atoms with Gasteiger partial charge in [0.15, 0.2) is 0 Å². The summed E-state index contributed by atoms with van der Waals surface area (Å²) in [7, 11) is 0. The van der Waals surface area contributed by atoms with E-state index in [1.807, 2.05) is 17.5 Å². The average molecular weight is 216 g/mol. The van der Waals surface area contributed by atoms with Gasteiger partial charge in [0.05, 0.1) is 6.61 Å². The van der Waals surface area contributed by atoms with Crippen LogP contribution in [0.25, 0.3) is 0 Å². The molecule has 14 heavy (non-hydrogen) atoms. The van der Waals surface area contributed by atoms with E-state index < -0.39 is 0 Å². The van der Waals surface area contributed by atoms with Gasteiger partial charge in [0, 0.05) is 24.8 Å². The van der Waals surface area contributed by atoms with Gasteiger partial charge in [0.1, 0.15) is 0 Å². The van der Waals surface area contributed by atoms with E-state index in [4.69, 9.17) is 5.11 Å². The van der Waals surface area contributed by atoms with Crippen LogP contribution in [0.5, 0.6) is 0 Å². The van der Waals surface area contributed by atoms with Gasteiger partial charge in [0.25, 0.3) is 0 Å². The number of aliphatic hydroxyl groups is 1. The number of ether oxygens (including phenoxy) is 1. The Bertz CT molecular complexity index is 232. The minimum Gasteiger partial charge on any atom is -0.466 e. The SMILES string of the molecule is CCOC(C)=O.OCCc1cccs1. The summed E-state index contributed by atoms with van der Waals surface area (Å²) in [6.45, 7) is 3.92. The first-order valence-electron chi connectivity index (χ1n) is 4.47. The van der Waals surface area contributed by atoms with E-state index in [2.05, 4.69) is 4.74 Å². The summed E-state index contributed by atoms with van der Waals surface area (Å²) in [6.07, 6.45) is 0.803. The van der Waals surface area contributed by atoms with Crippen molar-refractivity contribution in [2.45, 2.75) is 20.3 Å². The molecule has 0 aliphatic heterocycles. The van der Waals surface area contributed by atoms with Crippen LogP contribution >= 0.6 is 11.3 Å². The molecule has 1 N–H and O–H groups in total. The Labute approximate surface area is 88.3 Å². The lowest BCUT2D eigenvalue weighted by atomic mass is 10.4. The van der Waals surface area contributed by atoms with Gasteiger partial charge in [-0.05, 0) is 18.4 Å². The molecule has 0 radical (unpaired) electrons. The summed E-state index contributed by atoms with van der Waals surface area (Å²) in [4.78, 5) is 11.1. The van der Waals surface area contributed by atoms with Crippen molar-refractivity contribution in [3.05, 3.63) is 22.4 Å². The molecule has 0 saturated carbocycles. The normalized spacial score (nSPS) is 8.79. The molecule has 0 bridgehead atoms. The first-order chi connectivity index (χ1) is 6.70. The van der Waals surface area contributed by atoms with Gasteiger partial charge in [-0.15, -0.1) is 11.3 Å². The molecule has 1 rings (SSSR count). The zero-order valence-corrected chi connectivity index (χ0v) is 9.34. The second-order valence-corrected chi connectivity index (χ2v) is 3.51. The number of rotatable bonds is 3. The number of esters is 1. The number of hydrogen-bond acceptors (Lipinski definition) is 4. The lowest BCUT2D eigenvalue weighted by molar-refractivity contribution is -0.140. The Morgan fingerprint density at radius 1 is 1.64 bits per heavy atom. The number of hydrogen-bond donors (Lipinski definition) is 1. The molecule has 0 unspecified atom stereocenters. The van der Waals surface area contributed by atoms with Gasteiger partial charge in [-0.2, -0.15) is 0 Å². The Morgan fingerprint density at radius 2 is 2.36 bits per heavy atom. The Kier molecular flexibility index (Phi) is 8.17. The molecule has 0 saturated heterocycles. The zero-order valence-electron chi connectivity index (χ0n) is 8.53. The minimum absolute atomic E-state index is 0.211. The maximum absolute atomic E-state index is 9.82. The van der Waals surface area contributed by atoms with Crippen LogP contribution in [0, 0.1) is 0 Å². The fourth-order valence-electron chi connectivity index (χ4n) is 0.768. The molecule has 0 amide bonds. The van der Waals surface area contributed by atoms with Crippen molar-refractivity contribution in [2.75, 3.05) is 13.2 Å². The van der Waals surface area contributed by atoms with Gasteiger partial charge < -0.3 is 9.84 Å². The molecule has 0 aromatic carbocycles. The molecule has 0 aliphatic carbocycles. The Balaban J connectivity index is 0.000000255. The molecule has 0 aliphatic rings. The van der Waals surface area contributed by atoms with Crippen molar-refractivity contribution < 1.29 is 14.6 Å². The summed E-state index contributed by atoms with van der Waals surface area (Å²) in [5.74, 6) is -0.211. The van der Waals surface area contributed by atoms with E-state index in [1.54, 1.807) is 18.3 Å². The van der Waals surface area contributed by atoms with E-state index in [0.717, 1.165) is 6.42 Å². The van der Waals surface area contributed by atoms with Crippen LogP contribution in [0.4, 0.5) is 0 Å². The number of aliphatic hydroxyl groups excluding tert-OH is 1. The van der Waals surface area contributed by atoms with Gasteiger partial charge in [-0.1, -0.05) is 6.07 Å². The molecule has 80 valence electrons. The van der Waals surface area contributed by atoms with Crippen molar-refractivity contribution in [3.63, 3.8) is 0 Å². The Hall–Kier alpha value is -0.870. The monoisotopic (exact) mass is 216 g/mol. The highest BCUT2D eigenvalue weighted by molar-refractivity contribution is 7.09. The van der Waals surface area contributed by atoms with Crippen LogP contribution in [0.2, 0.25) is 0 Å². The quantitative estimate of drug-likeness (QED) is 0.784. The van der Waals surface area contributed by atoms with Crippen LogP contribution in [-0.4, -0.2) is 24.3 Å². The molecule has 0 atom stereocenters. The lowest BCUT2D eigenvalue weighted by Gasteiger charge is -1.89. The zero-order chi connectivity index (χ0) is 10.8. The molecule has 4 heteroatoms. The maximum Gasteiger partial charge on any atom is 0.302 e. The van der Waals surface area contributed by atoms with Gasteiger partial charge >= 0.3 is 5.97 Å². The van der Waals surface area contributed by atoms with E-state index in [0.29, 0.717) is 6.61 Å². The summed E-state index contributed by atoms with van der Waals surface area (Å²) in [5.41, 5.74) is 0. The lowest BCUT2D eigenvalue weighted by Crippen LogP contribution is -1.95. The van der Waals surface area contributed by atoms with Gasteiger partial charge in [0.2, 0.25) is 0 Å². The second-order valence-electron chi connectivity index (χ2n) is 2.48. The molecule has 0 fully saturated rings. The van der Waals surface area contributed by atoms with E-state index >= 15 is 0 Å². The third-order valence-corrected chi connectivity index (χ3v) is 2.22. The van der Waals surface area contributed by atoms with E-state index in [9.17, 15) is 4.79 Å². The van der Waals surface area contributed by atoms with Crippen molar-refractivity contribution in [3.8, 4) is 0 Å². The third-order valence-electron chi connectivity index (χ3n) is 1.29. The highest BCUT2D eigenvalue weighted by Gasteiger charge is 1.87. The van der Waals surface area contributed by atoms with Gasteiger partial charge in [-0.3, -0.25) is 4.79 Å². The molecule has 0 spiro atoms. The van der Waals surface area contributed by atoms with Crippen molar-refractivity contribution in [1.29, 1.82) is 0 Å². The average Bonchev–Trinajstić information content (AvgIpc) is 2.58. The van der Waals surface area contributed by atoms with Crippen LogP contribution in [-0.2, 0) is 16.0 Å². The first kappa shape index (κ1) is 13.1. The second kappa shape index (κ2) is 8.72. The molecule has 1 aromatic heterocycles.